The van der Waals surface area contributed by atoms with E-state index in [-0.39, 0.29) is 0 Å². The van der Waals surface area contributed by atoms with E-state index < -0.39 is 11.8 Å². The number of rotatable bonds is 7. The Morgan fingerprint density at radius 2 is 1.71 bits per heavy atom. The third-order valence-electron chi connectivity index (χ3n) is 5.04. The largest absolute Gasteiger partial charge is 0.489 e. The zero-order valence-corrected chi connectivity index (χ0v) is 19.1. The monoisotopic (exact) mass is 475 g/mol. The molecule has 0 aliphatic rings. The minimum atomic E-state index is -0.458. The van der Waals surface area contributed by atoms with E-state index in [4.69, 9.17) is 16.3 Å². The Hall–Kier alpha value is -4.17. The van der Waals surface area contributed by atoms with Crippen molar-refractivity contribution < 1.29 is 14.3 Å². The zero-order valence-electron chi connectivity index (χ0n) is 18.4. The van der Waals surface area contributed by atoms with Crippen molar-refractivity contribution in [3.05, 3.63) is 107 Å². The van der Waals surface area contributed by atoms with Crippen LogP contribution in [0.5, 0.6) is 5.75 Å². The Bertz CT molecular complexity index is 1270. The second kappa shape index (κ2) is 10.6. The van der Waals surface area contributed by atoms with Crippen LogP contribution in [0, 0.1) is 0 Å². The van der Waals surface area contributed by atoms with Crippen molar-refractivity contribution in [1.82, 2.24) is 25.6 Å². The standard InChI is InChI=1S/C25H22ClN5O3/c1-2-22-21(15-28-31(22)23-5-3-4-14-27-23)25(33)30-29-24(32)18-8-6-17(7-9-18)16-34-20-12-10-19(26)11-13-20/h3-15H,2,16H2,1H3,(H,29,32)(H,30,33). The number of hydrogen-bond acceptors (Lipinski definition) is 5. The SMILES string of the molecule is CCc1c(C(=O)NNC(=O)c2ccc(COc3ccc(Cl)cc3)cc2)cnn1-c1ccccn1. The van der Waals surface area contributed by atoms with Gasteiger partial charge in [0.15, 0.2) is 5.82 Å². The molecule has 0 saturated carbocycles. The quantitative estimate of drug-likeness (QED) is 0.391. The van der Waals surface area contributed by atoms with Gasteiger partial charge in [0.1, 0.15) is 12.4 Å². The number of carbonyl (C=O) groups is 2. The average Bonchev–Trinajstić information content (AvgIpc) is 3.32. The molecule has 2 N–H and O–H groups in total. The number of nitrogens with one attached hydrogen (secondary N) is 2. The Labute approximate surface area is 201 Å². The number of nitrogens with zero attached hydrogens (tertiary/aromatic N) is 3. The minimum Gasteiger partial charge on any atom is -0.489 e. The van der Waals surface area contributed by atoms with Crippen LogP contribution in [-0.4, -0.2) is 26.6 Å². The topological polar surface area (TPSA) is 98.1 Å². The van der Waals surface area contributed by atoms with Crippen molar-refractivity contribution in [2.75, 3.05) is 0 Å². The highest BCUT2D eigenvalue weighted by molar-refractivity contribution is 6.30. The van der Waals surface area contributed by atoms with E-state index in [9.17, 15) is 9.59 Å². The molecule has 0 bridgehead atoms. The highest BCUT2D eigenvalue weighted by atomic mass is 35.5. The van der Waals surface area contributed by atoms with E-state index in [0.717, 1.165) is 5.56 Å². The first-order chi connectivity index (χ1) is 16.5. The van der Waals surface area contributed by atoms with Crippen LogP contribution in [-0.2, 0) is 13.0 Å². The van der Waals surface area contributed by atoms with Gasteiger partial charge < -0.3 is 4.74 Å². The molecule has 2 amide bonds. The van der Waals surface area contributed by atoms with Gasteiger partial charge in [-0.2, -0.15) is 5.10 Å². The Morgan fingerprint density at radius 3 is 2.38 bits per heavy atom. The second-order valence-electron chi connectivity index (χ2n) is 7.31. The van der Waals surface area contributed by atoms with Gasteiger partial charge in [-0.25, -0.2) is 9.67 Å². The molecule has 0 unspecified atom stereocenters. The molecule has 0 saturated heterocycles. The smallest absolute Gasteiger partial charge is 0.273 e. The summed E-state index contributed by atoms with van der Waals surface area (Å²) in [5, 5.41) is 4.92. The molecule has 2 aromatic carbocycles. The molecular weight excluding hydrogens is 454 g/mol. The van der Waals surface area contributed by atoms with Crippen LogP contribution in [0.1, 0.15) is 38.9 Å². The Kier molecular flexibility index (Phi) is 7.19. The predicted molar refractivity (Wildman–Crippen MR) is 128 cm³/mol. The molecule has 2 aromatic heterocycles. The molecule has 8 nitrogen and oxygen atoms in total. The van der Waals surface area contributed by atoms with Crippen molar-refractivity contribution in [3.8, 4) is 11.6 Å². The van der Waals surface area contributed by atoms with Crippen LogP contribution in [0.15, 0.2) is 79.1 Å². The summed E-state index contributed by atoms with van der Waals surface area (Å²) in [6.45, 7) is 2.27. The number of pyridine rings is 1. The highest BCUT2D eigenvalue weighted by Gasteiger charge is 2.18. The molecule has 0 fully saturated rings. The summed E-state index contributed by atoms with van der Waals surface area (Å²) in [5.41, 5.74) is 7.25. The lowest BCUT2D eigenvalue weighted by molar-refractivity contribution is 0.0846. The van der Waals surface area contributed by atoms with Gasteiger partial charge in [0.05, 0.1) is 17.5 Å². The number of benzene rings is 2. The molecule has 34 heavy (non-hydrogen) atoms. The number of ether oxygens (including phenoxy) is 1. The van der Waals surface area contributed by atoms with Crippen LogP contribution >= 0.6 is 11.6 Å². The first kappa shape index (κ1) is 23.0. The molecule has 2 heterocycles. The summed E-state index contributed by atoms with van der Waals surface area (Å²) < 4.78 is 7.32. The third kappa shape index (κ3) is 5.41. The lowest BCUT2D eigenvalue weighted by Crippen LogP contribution is -2.41. The minimum absolute atomic E-state index is 0.348. The van der Waals surface area contributed by atoms with Gasteiger partial charge in [-0.1, -0.05) is 36.7 Å². The maximum Gasteiger partial charge on any atom is 0.273 e. The predicted octanol–water partition coefficient (Wildman–Crippen LogP) is 4.14. The molecule has 9 heteroatoms. The molecule has 172 valence electrons. The fourth-order valence-electron chi connectivity index (χ4n) is 3.28. The number of carbonyl (C=O) groups excluding carboxylic acids is 2. The van der Waals surface area contributed by atoms with E-state index in [1.807, 2.05) is 13.0 Å². The van der Waals surface area contributed by atoms with Crippen LogP contribution in [0.4, 0.5) is 0 Å². The maximum atomic E-state index is 12.7. The van der Waals surface area contributed by atoms with Crippen LogP contribution in [0.25, 0.3) is 5.82 Å². The van der Waals surface area contributed by atoms with E-state index in [1.54, 1.807) is 71.5 Å². The van der Waals surface area contributed by atoms with Crippen molar-refractivity contribution in [1.29, 1.82) is 0 Å². The second-order valence-corrected chi connectivity index (χ2v) is 7.74. The summed E-state index contributed by atoms with van der Waals surface area (Å²) >= 11 is 5.87. The number of halogens is 1. The van der Waals surface area contributed by atoms with Gasteiger partial charge >= 0.3 is 0 Å². The summed E-state index contributed by atoms with van der Waals surface area (Å²) in [4.78, 5) is 29.4. The fraction of sp³-hybridized carbons (Fsp3) is 0.120. The molecule has 0 radical (unpaired) electrons. The fourth-order valence-corrected chi connectivity index (χ4v) is 3.41. The van der Waals surface area contributed by atoms with Gasteiger partial charge in [-0.05, 0) is 60.5 Å². The van der Waals surface area contributed by atoms with Crippen molar-refractivity contribution >= 4 is 23.4 Å². The average molecular weight is 476 g/mol. The van der Waals surface area contributed by atoms with E-state index in [2.05, 4.69) is 20.9 Å². The summed E-state index contributed by atoms with van der Waals surface area (Å²) in [7, 11) is 0. The highest BCUT2D eigenvalue weighted by Crippen LogP contribution is 2.17. The van der Waals surface area contributed by atoms with Crippen molar-refractivity contribution in [2.24, 2.45) is 0 Å². The molecule has 0 aliphatic heterocycles. The summed E-state index contributed by atoms with van der Waals surface area (Å²) in [6, 6.07) is 19.5. The lowest BCUT2D eigenvalue weighted by atomic mass is 10.1. The first-order valence-corrected chi connectivity index (χ1v) is 11.0. The maximum absolute atomic E-state index is 12.7. The van der Waals surface area contributed by atoms with Crippen LogP contribution < -0.4 is 15.6 Å². The van der Waals surface area contributed by atoms with Gasteiger partial charge in [0.2, 0.25) is 0 Å². The molecule has 0 aliphatic carbocycles. The van der Waals surface area contributed by atoms with E-state index in [1.165, 1.54) is 6.20 Å². The van der Waals surface area contributed by atoms with Gasteiger partial charge in [-0.15, -0.1) is 0 Å². The summed E-state index contributed by atoms with van der Waals surface area (Å²) in [5.74, 6) is 0.420. The number of aromatic nitrogens is 3. The molecular formula is C25H22ClN5O3. The molecule has 0 spiro atoms. The normalized spacial score (nSPS) is 10.5. The Balaban J connectivity index is 1.34. The third-order valence-corrected chi connectivity index (χ3v) is 5.29. The number of amides is 2. The van der Waals surface area contributed by atoms with Crippen molar-refractivity contribution in [2.45, 2.75) is 20.0 Å². The first-order valence-electron chi connectivity index (χ1n) is 10.6. The van der Waals surface area contributed by atoms with Gasteiger partial charge in [-0.3, -0.25) is 20.4 Å². The van der Waals surface area contributed by atoms with Gasteiger partial charge in [0.25, 0.3) is 11.8 Å². The van der Waals surface area contributed by atoms with Gasteiger partial charge in [0, 0.05) is 16.8 Å². The lowest BCUT2D eigenvalue weighted by Gasteiger charge is -2.10. The van der Waals surface area contributed by atoms with Crippen LogP contribution in [0.3, 0.4) is 0 Å². The molecule has 4 aromatic rings. The number of hydrazine groups is 1. The molecule has 0 atom stereocenters. The van der Waals surface area contributed by atoms with Crippen molar-refractivity contribution in [3.63, 3.8) is 0 Å². The summed E-state index contributed by atoms with van der Waals surface area (Å²) in [6.07, 6.45) is 3.68. The Morgan fingerprint density at radius 1 is 0.971 bits per heavy atom. The molecule has 4 rings (SSSR count). The zero-order chi connectivity index (χ0) is 23.9. The van der Waals surface area contributed by atoms with E-state index in [0.29, 0.717) is 46.4 Å². The number of hydrogen-bond donors (Lipinski definition) is 2. The van der Waals surface area contributed by atoms with Crippen LogP contribution in [0.2, 0.25) is 5.02 Å². The van der Waals surface area contributed by atoms with E-state index >= 15 is 0 Å².